The van der Waals surface area contributed by atoms with Gasteiger partial charge < -0.3 is 5.73 Å². The van der Waals surface area contributed by atoms with E-state index in [4.69, 9.17) is 5.73 Å². The van der Waals surface area contributed by atoms with Crippen LogP contribution in [-0.2, 0) is 14.1 Å². The molecule has 0 fully saturated rings. The number of hydrogen-bond donors (Lipinski definition) is 1. The fraction of sp³-hybridized carbons (Fsp3) is 0.125. The van der Waals surface area contributed by atoms with Crippen molar-refractivity contribution in [2.75, 3.05) is 5.73 Å². The summed E-state index contributed by atoms with van der Waals surface area (Å²) in [7, 11) is 2.74. The van der Waals surface area contributed by atoms with E-state index in [-0.39, 0.29) is 33.7 Å². The number of benzene rings is 1. The number of nitro benzene ring substituents is 1. The first-order valence-corrected chi connectivity index (χ1v) is 7.32. The van der Waals surface area contributed by atoms with Gasteiger partial charge in [0.2, 0.25) is 0 Å². The van der Waals surface area contributed by atoms with Gasteiger partial charge >= 0.3 is 5.69 Å². The molecule has 0 aliphatic rings. The molecule has 3 rings (SSSR count). The molecule has 2 aromatic heterocycles. The maximum atomic E-state index is 12.7. The Balaban J connectivity index is 2.55. The summed E-state index contributed by atoms with van der Waals surface area (Å²) in [4.78, 5) is 39.2. The van der Waals surface area contributed by atoms with E-state index in [9.17, 15) is 25.0 Å². The number of anilines is 1. The third-order valence-corrected chi connectivity index (χ3v) is 4.09. The Hall–Kier alpha value is -4.00. The molecule has 26 heavy (non-hydrogen) atoms. The van der Waals surface area contributed by atoms with Crippen LogP contribution in [0.2, 0.25) is 0 Å². The molecule has 0 aliphatic carbocycles. The van der Waals surface area contributed by atoms with Gasteiger partial charge in [-0.05, 0) is 17.7 Å². The number of nitro groups is 1. The summed E-state index contributed by atoms with van der Waals surface area (Å²) in [5.74, 6) is -0.142. The molecule has 0 aliphatic heterocycles. The highest BCUT2D eigenvalue weighted by atomic mass is 16.6. The van der Waals surface area contributed by atoms with Gasteiger partial charge in [-0.15, -0.1) is 0 Å². The van der Waals surface area contributed by atoms with Gasteiger partial charge in [-0.25, -0.2) is 9.78 Å². The molecule has 130 valence electrons. The van der Waals surface area contributed by atoms with Crippen molar-refractivity contribution in [1.82, 2.24) is 14.1 Å². The third kappa shape index (κ3) is 2.30. The predicted octanol–water partition coefficient (Wildman–Crippen LogP) is 0.661. The molecule has 10 heteroatoms. The van der Waals surface area contributed by atoms with Crippen LogP contribution >= 0.6 is 0 Å². The second-order valence-electron chi connectivity index (χ2n) is 5.57. The molecule has 0 saturated heterocycles. The van der Waals surface area contributed by atoms with Gasteiger partial charge in [-0.1, -0.05) is 0 Å². The van der Waals surface area contributed by atoms with Crippen molar-refractivity contribution in [1.29, 1.82) is 5.26 Å². The fourth-order valence-corrected chi connectivity index (χ4v) is 2.76. The van der Waals surface area contributed by atoms with Crippen molar-refractivity contribution in [3.63, 3.8) is 0 Å². The van der Waals surface area contributed by atoms with E-state index >= 15 is 0 Å². The third-order valence-electron chi connectivity index (χ3n) is 4.09. The number of hydrogen-bond acceptors (Lipinski definition) is 7. The summed E-state index contributed by atoms with van der Waals surface area (Å²) < 4.78 is 2.05. The molecule has 0 atom stereocenters. The standard InChI is InChI=1S/C16H12N6O4/c1-20-14-12(15(23)21(2)16(20)24)11(10(7-17)13(18)19-14)8-3-5-9(6-4-8)22(25)26/h3-6H,1-2H3,(H2,18,19). The van der Waals surface area contributed by atoms with Gasteiger partial charge in [0.15, 0.2) is 5.65 Å². The van der Waals surface area contributed by atoms with Gasteiger partial charge in [-0.3, -0.25) is 24.0 Å². The lowest BCUT2D eigenvalue weighted by atomic mass is 9.97. The van der Waals surface area contributed by atoms with E-state index in [1.807, 2.05) is 6.07 Å². The van der Waals surface area contributed by atoms with Gasteiger partial charge in [0.05, 0.1) is 10.3 Å². The van der Waals surface area contributed by atoms with Crippen LogP contribution in [0, 0.1) is 21.4 Å². The lowest BCUT2D eigenvalue weighted by Crippen LogP contribution is -2.37. The Bertz CT molecular complexity index is 1230. The Labute approximate surface area is 145 Å². The molecule has 0 saturated carbocycles. The molecule has 0 radical (unpaired) electrons. The lowest BCUT2D eigenvalue weighted by Gasteiger charge is -2.13. The Morgan fingerprint density at radius 3 is 2.35 bits per heavy atom. The number of non-ortho nitro benzene ring substituents is 1. The van der Waals surface area contributed by atoms with Crippen LogP contribution in [0.15, 0.2) is 33.9 Å². The van der Waals surface area contributed by atoms with Gasteiger partial charge in [0.1, 0.15) is 17.5 Å². The highest BCUT2D eigenvalue weighted by molar-refractivity contribution is 5.97. The summed E-state index contributed by atoms with van der Waals surface area (Å²) in [6.07, 6.45) is 0. The van der Waals surface area contributed by atoms with Gasteiger partial charge in [0, 0.05) is 31.8 Å². The first kappa shape index (κ1) is 16.8. The Morgan fingerprint density at radius 1 is 1.19 bits per heavy atom. The zero-order valence-electron chi connectivity index (χ0n) is 13.8. The van der Waals surface area contributed by atoms with E-state index in [0.29, 0.717) is 5.56 Å². The number of aryl methyl sites for hydroxylation is 1. The minimum atomic E-state index is -0.638. The van der Waals surface area contributed by atoms with Gasteiger partial charge in [0.25, 0.3) is 11.2 Å². The minimum Gasteiger partial charge on any atom is -0.383 e. The zero-order chi connectivity index (χ0) is 19.2. The van der Waals surface area contributed by atoms with Crippen LogP contribution < -0.4 is 17.0 Å². The van der Waals surface area contributed by atoms with E-state index in [1.165, 1.54) is 38.4 Å². The van der Waals surface area contributed by atoms with Gasteiger partial charge in [-0.2, -0.15) is 5.26 Å². The summed E-state index contributed by atoms with van der Waals surface area (Å²) in [6.45, 7) is 0. The van der Waals surface area contributed by atoms with Crippen molar-refractivity contribution in [3.05, 3.63) is 60.8 Å². The van der Waals surface area contributed by atoms with Crippen molar-refractivity contribution < 1.29 is 4.92 Å². The zero-order valence-corrected chi connectivity index (χ0v) is 13.8. The number of fused-ring (bicyclic) bond motifs is 1. The molecular formula is C16H12N6O4. The quantitative estimate of drug-likeness (QED) is 0.525. The summed E-state index contributed by atoms with van der Waals surface area (Å²) in [5, 5.41) is 20.4. The molecule has 2 N–H and O–H groups in total. The number of nitrogens with two attached hydrogens (primary N) is 1. The van der Waals surface area contributed by atoms with Crippen LogP contribution in [0.1, 0.15) is 5.56 Å². The van der Waals surface area contributed by atoms with Crippen LogP contribution in [0.4, 0.5) is 11.5 Å². The second kappa shape index (κ2) is 5.82. The van der Waals surface area contributed by atoms with Crippen molar-refractivity contribution >= 4 is 22.5 Å². The first-order valence-electron chi connectivity index (χ1n) is 7.32. The molecule has 0 unspecified atom stereocenters. The second-order valence-corrected chi connectivity index (χ2v) is 5.57. The van der Waals surface area contributed by atoms with Crippen molar-refractivity contribution in [3.8, 4) is 17.2 Å². The minimum absolute atomic E-state index is 0.0305. The number of pyridine rings is 1. The Morgan fingerprint density at radius 2 is 1.81 bits per heavy atom. The highest BCUT2D eigenvalue weighted by Gasteiger charge is 2.21. The summed E-state index contributed by atoms with van der Waals surface area (Å²) >= 11 is 0. The van der Waals surface area contributed by atoms with Crippen LogP contribution in [0.5, 0.6) is 0 Å². The molecule has 1 aromatic carbocycles. The normalized spacial score (nSPS) is 10.7. The topological polar surface area (TPSA) is 150 Å². The fourth-order valence-electron chi connectivity index (χ4n) is 2.76. The largest absolute Gasteiger partial charge is 0.383 e. The van der Waals surface area contributed by atoms with Crippen LogP contribution in [0.3, 0.4) is 0 Å². The lowest BCUT2D eigenvalue weighted by molar-refractivity contribution is -0.384. The molecule has 0 bridgehead atoms. The maximum absolute atomic E-state index is 12.7. The Kier molecular flexibility index (Phi) is 3.77. The maximum Gasteiger partial charge on any atom is 0.332 e. The summed E-state index contributed by atoms with van der Waals surface area (Å²) in [5.41, 5.74) is 5.04. The molecular weight excluding hydrogens is 340 g/mol. The molecule has 10 nitrogen and oxygen atoms in total. The van der Waals surface area contributed by atoms with Crippen LogP contribution in [-0.4, -0.2) is 19.0 Å². The smallest absolute Gasteiger partial charge is 0.332 e. The average Bonchev–Trinajstić information content (AvgIpc) is 2.63. The molecule has 0 amide bonds. The SMILES string of the molecule is Cn1c(=O)c2c(-c3ccc([N+](=O)[O-])cc3)c(C#N)c(N)nc2n(C)c1=O. The number of nitriles is 1. The number of nitrogens with zero attached hydrogens (tertiary/aromatic N) is 5. The first-order chi connectivity index (χ1) is 12.3. The molecule has 3 aromatic rings. The predicted molar refractivity (Wildman–Crippen MR) is 93.4 cm³/mol. The van der Waals surface area contributed by atoms with E-state index < -0.39 is 16.2 Å². The van der Waals surface area contributed by atoms with E-state index in [0.717, 1.165) is 9.13 Å². The van der Waals surface area contributed by atoms with E-state index in [2.05, 4.69) is 4.98 Å². The van der Waals surface area contributed by atoms with Crippen molar-refractivity contribution in [2.24, 2.45) is 14.1 Å². The number of rotatable bonds is 2. The number of nitrogen functional groups attached to an aromatic ring is 1. The molecule has 0 spiro atoms. The monoisotopic (exact) mass is 352 g/mol. The van der Waals surface area contributed by atoms with Crippen molar-refractivity contribution in [2.45, 2.75) is 0 Å². The summed E-state index contributed by atoms with van der Waals surface area (Å²) in [6, 6.07) is 7.26. The average molecular weight is 352 g/mol. The van der Waals surface area contributed by atoms with E-state index in [1.54, 1.807) is 0 Å². The number of aromatic nitrogens is 3. The molecule has 2 heterocycles. The van der Waals surface area contributed by atoms with Crippen LogP contribution in [0.25, 0.3) is 22.2 Å². The highest BCUT2D eigenvalue weighted by Crippen LogP contribution is 2.32.